The lowest BCUT2D eigenvalue weighted by Crippen LogP contribution is -2.17. The van der Waals surface area contributed by atoms with Crippen LogP contribution in [-0.2, 0) is 4.74 Å². The van der Waals surface area contributed by atoms with Crippen molar-refractivity contribution in [1.29, 1.82) is 0 Å². The van der Waals surface area contributed by atoms with Crippen LogP contribution in [-0.4, -0.2) is 43.5 Å². The zero-order valence-electron chi connectivity index (χ0n) is 10.3. The molecule has 0 amide bonds. The van der Waals surface area contributed by atoms with Gasteiger partial charge in [-0.3, -0.25) is 4.57 Å². The molecule has 0 spiro atoms. The number of nitrogens with two attached hydrogens (primary N) is 1. The highest BCUT2D eigenvalue weighted by molar-refractivity contribution is 5.85. The number of rotatable bonds is 3. The third-order valence-corrected chi connectivity index (χ3v) is 3.10. The van der Waals surface area contributed by atoms with E-state index in [1.807, 2.05) is 0 Å². The van der Waals surface area contributed by atoms with Crippen molar-refractivity contribution in [3.8, 4) is 0 Å². The highest BCUT2D eigenvalue weighted by atomic mass is 35.5. The molecule has 0 aromatic carbocycles. The average Bonchev–Trinajstić information content (AvgIpc) is 3.01. The van der Waals surface area contributed by atoms with Gasteiger partial charge in [0.25, 0.3) is 0 Å². The molecule has 0 bridgehead atoms. The fourth-order valence-electron chi connectivity index (χ4n) is 2.21. The van der Waals surface area contributed by atoms with Gasteiger partial charge in [-0.2, -0.15) is 0 Å². The van der Waals surface area contributed by atoms with Gasteiger partial charge in [-0.05, 0) is 0 Å². The zero-order chi connectivity index (χ0) is 13.4. The normalized spacial score (nSPS) is 25.6. The summed E-state index contributed by atoms with van der Waals surface area (Å²) in [6, 6.07) is 0. The molecule has 10 heteroatoms. The van der Waals surface area contributed by atoms with Crippen LogP contribution in [0.2, 0.25) is 0 Å². The van der Waals surface area contributed by atoms with Gasteiger partial charge in [0.05, 0.1) is 19.0 Å². The van der Waals surface area contributed by atoms with Crippen LogP contribution in [0, 0.1) is 0 Å². The van der Waals surface area contributed by atoms with Gasteiger partial charge >= 0.3 is 0 Å². The summed E-state index contributed by atoms with van der Waals surface area (Å²) in [5.74, 6) is 5.68. The SMILES string of the molecule is Cl.NNc1ncnc2c1ncn2C1OC(CO)CC1F. The summed E-state index contributed by atoms with van der Waals surface area (Å²) in [6.45, 7) is -0.214. The second-order valence-corrected chi connectivity index (χ2v) is 4.27. The first-order chi connectivity index (χ1) is 9.24. The van der Waals surface area contributed by atoms with E-state index >= 15 is 0 Å². The number of aliphatic hydroxyl groups is 1. The molecule has 8 nitrogen and oxygen atoms in total. The molecule has 2 aromatic heterocycles. The number of anilines is 1. The molecule has 110 valence electrons. The Labute approximate surface area is 119 Å². The summed E-state index contributed by atoms with van der Waals surface area (Å²) in [5.41, 5.74) is 3.27. The van der Waals surface area contributed by atoms with Crippen LogP contribution in [0.15, 0.2) is 12.7 Å². The Bertz CT molecular complexity index is 596. The van der Waals surface area contributed by atoms with Crippen LogP contribution in [0.3, 0.4) is 0 Å². The second-order valence-electron chi connectivity index (χ2n) is 4.27. The molecule has 3 unspecified atom stereocenters. The number of fused-ring (bicyclic) bond motifs is 1. The quantitative estimate of drug-likeness (QED) is 0.547. The van der Waals surface area contributed by atoms with Crippen molar-refractivity contribution in [2.24, 2.45) is 5.84 Å². The minimum Gasteiger partial charge on any atom is -0.394 e. The summed E-state index contributed by atoms with van der Waals surface area (Å²) in [5, 5.41) is 9.03. The number of aliphatic hydroxyl groups excluding tert-OH is 1. The summed E-state index contributed by atoms with van der Waals surface area (Å²) >= 11 is 0. The maximum Gasteiger partial charge on any atom is 0.171 e. The van der Waals surface area contributed by atoms with Crippen LogP contribution < -0.4 is 11.3 Å². The Kier molecular flexibility index (Phi) is 4.33. The summed E-state index contributed by atoms with van der Waals surface area (Å²) in [7, 11) is 0. The average molecular weight is 305 g/mol. The van der Waals surface area contributed by atoms with E-state index in [9.17, 15) is 4.39 Å². The number of nitrogen functional groups attached to an aromatic ring is 1. The molecule has 1 aliphatic heterocycles. The molecule has 1 aliphatic rings. The molecule has 4 N–H and O–H groups in total. The third kappa shape index (κ3) is 2.29. The first-order valence-electron chi connectivity index (χ1n) is 5.79. The molecular weight excluding hydrogens is 291 g/mol. The summed E-state index contributed by atoms with van der Waals surface area (Å²) in [6.07, 6.45) is 0.305. The van der Waals surface area contributed by atoms with Crippen molar-refractivity contribution in [3.05, 3.63) is 12.7 Å². The minimum atomic E-state index is -1.22. The lowest BCUT2D eigenvalue weighted by Gasteiger charge is -2.15. The lowest BCUT2D eigenvalue weighted by molar-refractivity contribution is -0.0351. The number of ether oxygens (including phenoxy) is 1. The first kappa shape index (κ1) is 14.9. The molecule has 2 aromatic rings. The molecule has 0 aliphatic carbocycles. The van der Waals surface area contributed by atoms with Gasteiger partial charge < -0.3 is 15.3 Å². The number of halogens is 2. The van der Waals surface area contributed by atoms with Crippen molar-refractivity contribution >= 4 is 29.4 Å². The number of hydrazine groups is 1. The Morgan fingerprint density at radius 2 is 2.30 bits per heavy atom. The summed E-state index contributed by atoms with van der Waals surface area (Å²) in [4.78, 5) is 12.1. The monoisotopic (exact) mass is 304 g/mol. The molecule has 1 fully saturated rings. The maximum atomic E-state index is 13.9. The van der Waals surface area contributed by atoms with Crippen LogP contribution in [0.25, 0.3) is 11.2 Å². The predicted octanol–water partition coefficient (Wildman–Crippen LogP) is 0.152. The van der Waals surface area contributed by atoms with Gasteiger partial charge in [-0.1, -0.05) is 0 Å². The van der Waals surface area contributed by atoms with Gasteiger partial charge in [0, 0.05) is 6.42 Å². The number of nitrogens with one attached hydrogen (secondary N) is 1. The van der Waals surface area contributed by atoms with Gasteiger partial charge in [0.2, 0.25) is 0 Å². The highest BCUT2D eigenvalue weighted by Crippen LogP contribution is 2.33. The maximum absolute atomic E-state index is 13.9. The molecule has 0 radical (unpaired) electrons. The fraction of sp³-hybridized carbons (Fsp3) is 0.500. The number of aromatic nitrogens is 4. The number of imidazole rings is 1. The van der Waals surface area contributed by atoms with E-state index in [4.69, 9.17) is 15.7 Å². The van der Waals surface area contributed by atoms with Crippen LogP contribution in [0.4, 0.5) is 10.2 Å². The van der Waals surface area contributed by atoms with Crippen LogP contribution in [0.1, 0.15) is 12.6 Å². The summed E-state index contributed by atoms with van der Waals surface area (Å²) < 4.78 is 20.8. The van der Waals surface area contributed by atoms with E-state index in [0.29, 0.717) is 17.0 Å². The predicted molar refractivity (Wildman–Crippen MR) is 70.9 cm³/mol. The largest absolute Gasteiger partial charge is 0.394 e. The molecule has 3 heterocycles. The van der Waals surface area contributed by atoms with Gasteiger partial charge in [-0.25, -0.2) is 25.2 Å². The van der Waals surface area contributed by atoms with E-state index in [1.54, 1.807) is 0 Å². The van der Waals surface area contributed by atoms with E-state index in [-0.39, 0.29) is 25.4 Å². The molecule has 20 heavy (non-hydrogen) atoms. The Morgan fingerprint density at radius 3 is 2.95 bits per heavy atom. The van der Waals surface area contributed by atoms with Gasteiger partial charge in [0.15, 0.2) is 23.2 Å². The van der Waals surface area contributed by atoms with Crippen molar-refractivity contribution in [2.75, 3.05) is 12.0 Å². The van der Waals surface area contributed by atoms with Crippen molar-refractivity contribution < 1.29 is 14.2 Å². The highest BCUT2D eigenvalue weighted by Gasteiger charge is 2.37. The molecule has 0 saturated carbocycles. The second kappa shape index (κ2) is 5.83. The van der Waals surface area contributed by atoms with Crippen molar-refractivity contribution in [2.45, 2.75) is 24.9 Å². The molecule has 3 rings (SSSR count). The third-order valence-electron chi connectivity index (χ3n) is 3.10. The minimum absolute atomic E-state index is 0. The van der Waals surface area contributed by atoms with Crippen molar-refractivity contribution in [3.63, 3.8) is 0 Å². The van der Waals surface area contributed by atoms with Crippen LogP contribution in [0.5, 0.6) is 0 Å². The number of hydrogen-bond donors (Lipinski definition) is 3. The van der Waals surface area contributed by atoms with E-state index in [0.717, 1.165) is 0 Å². The number of hydrogen-bond acceptors (Lipinski definition) is 7. The first-order valence-corrected chi connectivity index (χ1v) is 5.79. The molecule has 3 atom stereocenters. The van der Waals surface area contributed by atoms with Crippen molar-refractivity contribution in [1.82, 2.24) is 19.5 Å². The van der Waals surface area contributed by atoms with Gasteiger partial charge in [-0.15, -0.1) is 12.4 Å². The van der Waals surface area contributed by atoms with E-state index < -0.39 is 18.5 Å². The Hall–Kier alpha value is -1.55. The smallest absolute Gasteiger partial charge is 0.171 e. The Morgan fingerprint density at radius 1 is 1.50 bits per heavy atom. The van der Waals surface area contributed by atoms with Crippen LogP contribution >= 0.6 is 12.4 Å². The van der Waals surface area contributed by atoms with E-state index in [2.05, 4.69) is 20.4 Å². The van der Waals surface area contributed by atoms with E-state index in [1.165, 1.54) is 17.2 Å². The van der Waals surface area contributed by atoms with Gasteiger partial charge in [0.1, 0.15) is 12.5 Å². The zero-order valence-corrected chi connectivity index (χ0v) is 11.1. The standard InChI is InChI=1S/C10H13FN6O2.ClH/c11-6-1-5(2-18)19-10(6)17-4-15-7-8(16-12)13-3-14-9(7)17;/h3-6,10,18H,1-2,12H2,(H,13,14,16);1H. The topological polar surface area (TPSA) is 111 Å². The molecule has 1 saturated heterocycles. The Balaban J connectivity index is 0.00000147. The number of alkyl halides is 1. The molecular formula is C10H14ClFN6O2. The fourth-order valence-corrected chi connectivity index (χ4v) is 2.21. The number of nitrogens with zero attached hydrogens (tertiary/aromatic N) is 4. The lowest BCUT2D eigenvalue weighted by atomic mass is 10.2.